The lowest BCUT2D eigenvalue weighted by molar-refractivity contribution is 0.520. The Hall–Kier alpha value is -0.870. The SMILES string of the molecule is CC(CC1CCCN1)Nc1c(F)cc(F)cc1Cl. The summed E-state index contributed by atoms with van der Waals surface area (Å²) in [5, 5.41) is 6.49. The summed E-state index contributed by atoms with van der Waals surface area (Å²) in [7, 11) is 0. The Morgan fingerprint density at radius 1 is 1.50 bits per heavy atom. The summed E-state index contributed by atoms with van der Waals surface area (Å²) in [5.41, 5.74) is 0.184. The molecule has 2 N–H and O–H groups in total. The first kappa shape index (κ1) is 13.6. The Morgan fingerprint density at radius 2 is 2.28 bits per heavy atom. The second-order valence-corrected chi connectivity index (χ2v) is 5.23. The van der Waals surface area contributed by atoms with E-state index in [0.717, 1.165) is 31.5 Å². The fourth-order valence-corrected chi connectivity index (χ4v) is 2.62. The lowest BCUT2D eigenvalue weighted by atomic mass is 10.1. The molecule has 0 radical (unpaired) electrons. The smallest absolute Gasteiger partial charge is 0.150 e. The van der Waals surface area contributed by atoms with Gasteiger partial charge in [-0.3, -0.25) is 0 Å². The number of anilines is 1. The zero-order chi connectivity index (χ0) is 13.1. The van der Waals surface area contributed by atoms with Gasteiger partial charge in [-0.1, -0.05) is 11.6 Å². The molecular formula is C13H17ClF2N2. The van der Waals surface area contributed by atoms with Crippen LogP contribution in [0.4, 0.5) is 14.5 Å². The van der Waals surface area contributed by atoms with Crippen molar-refractivity contribution in [2.45, 2.75) is 38.3 Å². The molecule has 1 fully saturated rings. The number of halogens is 3. The van der Waals surface area contributed by atoms with E-state index in [1.165, 1.54) is 6.42 Å². The van der Waals surface area contributed by atoms with E-state index in [9.17, 15) is 8.78 Å². The molecule has 1 heterocycles. The molecule has 2 atom stereocenters. The van der Waals surface area contributed by atoms with Crippen LogP contribution >= 0.6 is 11.6 Å². The zero-order valence-electron chi connectivity index (χ0n) is 10.3. The van der Waals surface area contributed by atoms with E-state index < -0.39 is 11.6 Å². The molecule has 0 saturated carbocycles. The molecule has 5 heteroatoms. The molecule has 18 heavy (non-hydrogen) atoms. The van der Waals surface area contributed by atoms with Gasteiger partial charge < -0.3 is 10.6 Å². The first-order valence-electron chi connectivity index (χ1n) is 6.20. The number of hydrogen-bond donors (Lipinski definition) is 2. The number of nitrogens with one attached hydrogen (secondary N) is 2. The zero-order valence-corrected chi connectivity index (χ0v) is 11.0. The Kier molecular flexibility index (Phi) is 4.40. The third-order valence-electron chi connectivity index (χ3n) is 3.20. The molecule has 1 aliphatic rings. The van der Waals surface area contributed by atoms with Gasteiger partial charge in [-0.05, 0) is 38.8 Å². The molecule has 1 aromatic carbocycles. The van der Waals surface area contributed by atoms with Crippen LogP contribution in [0.1, 0.15) is 26.2 Å². The van der Waals surface area contributed by atoms with Crippen LogP contribution in [0.25, 0.3) is 0 Å². The number of rotatable bonds is 4. The van der Waals surface area contributed by atoms with Crippen molar-refractivity contribution in [3.8, 4) is 0 Å². The molecule has 0 aliphatic carbocycles. The molecule has 0 bridgehead atoms. The average Bonchev–Trinajstić information content (AvgIpc) is 2.76. The average molecular weight is 275 g/mol. The molecule has 2 rings (SSSR count). The Balaban J connectivity index is 1.99. The van der Waals surface area contributed by atoms with Crippen LogP contribution in [0.5, 0.6) is 0 Å². The molecule has 2 nitrogen and oxygen atoms in total. The highest BCUT2D eigenvalue weighted by atomic mass is 35.5. The second-order valence-electron chi connectivity index (χ2n) is 4.82. The summed E-state index contributed by atoms with van der Waals surface area (Å²) < 4.78 is 26.5. The highest BCUT2D eigenvalue weighted by molar-refractivity contribution is 6.33. The first-order chi connectivity index (χ1) is 8.56. The van der Waals surface area contributed by atoms with Gasteiger partial charge in [-0.25, -0.2) is 8.78 Å². The summed E-state index contributed by atoms with van der Waals surface area (Å²) in [6.45, 7) is 3.02. The molecule has 2 unspecified atom stereocenters. The van der Waals surface area contributed by atoms with E-state index in [-0.39, 0.29) is 16.8 Å². The molecule has 1 aliphatic heterocycles. The Morgan fingerprint density at radius 3 is 2.89 bits per heavy atom. The van der Waals surface area contributed by atoms with Crippen molar-refractivity contribution < 1.29 is 8.78 Å². The van der Waals surface area contributed by atoms with E-state index in [4.69, 9.17) is 11.6 Å². The van der Waals surface area contributed by atoms with E-state index in [0.29, 0.717) is 6.04 Å². The van der Waals surface area contributed by atoms with Gasteiger partial charge in [0.25, 0.3) is 0 Å². The molecule has 0 aromatic heterocycles. The van der Waals surface area contributed by atoms with Crippen molar-refractivity contribution in [1.29, 1.82) is 0 Å². The van der Waals surface area contributed by atoms with E-state index in [2.05, 4.69) is 10.6 Å². The lowest BCUT2D eigenvalue weighted by Crippen LogP contribution is -2.29. The standard InChI is InChI=1S/C13H17ClF2N2/c1-8(5-10-3-2-4-17-10)18-13-11(14)6-9(15)7-12(13)16/h6-8,10,17-18H,2-5H2,1H3. The maximum Gasteiger partial charge on any atom is 0.150 e. The van der Waals surface area contributed by atoms with Gasteiger partial charge in [-0.15, -0.1) is 0 Å². The number of benzene rings is 1. The monoisotopic (exact) mass is 274 g/mol. The van der Waals surface area contributed by atoms with Gasteiger partial charge in [-0.2, -0.15) is 0 Å². The summed E-state index contributed by atoms with van der Waals surface area (Å²) in [4.78, 5) is 0. The van der Waals surface area contributed by atoms with Crippen molar-refractivity contribution in [3.05, 3.63) is 28.8 Å². The van der Waals surface area contributed by atoms with Crippen LogP contribution in [0.15, 0.2) is 12.1 Å². The van der Waals surface area contributed by atoms with Gasteiger partial charge >= 0.3 is 0 Å². The quantitative estimate of drug-likeness (QED) is 0.877. The third-order valence-corrected chi connectivity index (χ3v) is 3.50. The minimum atomic E-state index is -0.659. The fourth-order valence-electron chi connectivity index (χ4n) is 2.37. The summed E-state index contributed by atoms with van der Waals surface area (Å²) >= 11 is 5.84. The minimum absolute atomic E-state index is 0.0815. The van der Waals surface area contributed by atoms with Crippen LogP contribution in [-0.4, -0.2) is 18.6 Å². The molecule has 100 valence electrons. The topological polar surface area (TPSA) is 24.1 Å². The maximum absolute atomic E-state index is 13.6. The molecule has 0 spiro atoms. The Bertz CT molecular complexity index is 396. The minimum Gasteiger partial charge on any atom is -0.379 e. The van der Waals surface area contributed by atoms with Crippen molar-refractivity contribution >= 4 is 17.3 Å². The van der Waals surface area contributed by atoms with Gasteiger partial charge in [0.05, 0.1) is 10.7 Å². The normalized spacial score (nSPS) is 21.0. The third kappa shape index (κ3) is 3.33. The van der Waals surface area contributed by atoms with Crippen LogP contribution in [0, 0.1) is 11.6 Å². The predicted molar refractivity (Wildman–Crippen MR) is 70.1 cm³/mol. The molecule has 0 amide bonds. The lowest BCUT2D eigenvalue weighted by Gasteiger charge is -2.20. The van der Waals surface area contributed by atoms with Gasteiger partial charge in [0.1, 0.15) is 5.82 Å². The van der Waals surface area contributed by atoms with E-state index >= 15 is 0 Å². The van der Waals surface area contributed by atoms with Gasteiger partial charge in [0, 0.05) is 18.2 Å². The van der Waals surface area contributed by atoms with Crippen LogP contribution in [-0.2, 0) is 0 Å². The summed E-state index contributed by atoms with van der Waals surface area (Å²) in [6.07, 6.45) is 3.22. The van der Waals surface area contributed by atoms with E-state index in [1.54, 1.807) is 0 Å². The highest BCUT2D eigenvalue weighted by Crippen LogP contribution is 2.27. The predicted octanol–water partition coefficient (Wildman–Crippen LogP) is 3.56. The van der Waals surface area contributed by atoms with Crippen molar-refractivity contribution in [1.82, 2.24) is 5.32 Å². The van der Waals surface area contributed by atoms with Crippen molar-refractivity contribution in [2.75, 3.05) is 11.9 Å². The molecular weight excluding hydrogens is 258 g/mol. The van der Waals surface area contributed by atoms with Crippen LogP contribution in [0.3, 0.4) is 0 Å². The van der Waals surface area contributed by atoms with Crippen molar-refractivity contribution in [3.63, 3.8) is 0 Å². The number of hydrogen-bond acceptors (Lipinski definition) is 2. The summed E-state index contributed by atoms with van der Waals surface area (Å²) in [6, 6.07) is 2.51. The largest absolute Gasteiger partial charge is 0.379 e. The van der Waals surface area contributed by atoms with Gasteiger partial charge in [0.15, 0.2) is 5.82 Å². The van der Waals surface area contributed by atoms with E-state index in [1.807, 2.05) is 6.92 Å². The summed E-state index contributed by atoms with van der Waals surface area (Å²) in [5.74, 6) is -1.31. The first-order valence-corrected chi connectivity index (χ1v) is 6.58. The maximum atomic E-state index is 13.6. The molecule has 1 aromatic rings. The van der Waals surface area contributed by atoms with Crippen molar-refractivity contribution in [2.24, 2.45) is 0 Å². The fraction of sp³-hybridized carbons (Fsp3) is 0.538. The highest BCUT2D eigenvalue weighted by Gasteiger charge is 2.18. The second kappa shape index (κ2) is 5.85. The Labute approximate surface area is 111 Å². The van der Waals surface area contributed by atoms with Gasteiger partial charge in [0.2, 0.25) is 0 Å². The van der Waals surface area contributed by atoms with Crippen LogP contribution in [0.2, 0.25) is 5.02 Å². The van der Waals surface area contributed by atoms with Crippen LogP contribution < -0.4 is 10.6 Å². The molecule has 1 saturated heterocycles.